The highest BCUT2D eigenvalue weighted by Gasteiger charge is 2.06. The first-order chi connectivity index (χ1) is 10.5. The van der Waals surface area contributed by atoms with Gasteiger partial charge in [-0.3, -0.25) is 0 Å². The number of nitrogens with one attached hydrogen (secondary N) is 1. The van der Waals surface area contributed by atoms with Gasteiger partial charge in [0.25, 0.3) is 6.43 Å². The zero-order valence-electron chi connectivity index (χ0n) is 12.0. The number of hydrogen-bond donors (Lipinski definition) is 2. The number of hydrogen-bond acceptors (Lipinski definition) is 5. The number of nitrogens with zero attached hydrogens (tertiary/aromatic N) is 2. The lowest BCUT2D eigenvalue weighted by Crippen LogP contribution is -2.12. The van der Waals surface area contributed by atoms with Crippen LogP contribution in [0.5, 0.6) is 6.01 Å². The molecule has 2 aromatic rings. The predicted molar refractivity (Wildman–Crippen MR) is 79.6 cm³/mol. The normalized spacial score (nSPS) is 11.5. The van der Waals surface area contributed by atoms with Crippen LogP contribution >= 0.6 is 0 Å². The Morgan fingerprint density at radius 3 is 2.77 bits per heavy atom. The number of benzene rings is 1. The Kier molecular flexibility index (Phi) is 5.24. The Morgan fingerprint density at radius 1 is 1.36 bits per heavy atom. The third-order valence-corrected chi connectivity index (χ3v) is 2.69. The van der Waals surface area contributed by atoms with Crippen molar-refractivity contribution in [2.45, 2.75) is 13.3 Å². The number of rotatable bonds is 6. The van der Waals surface area contributed by atoms with Crippen LogP contribution in [0, 0.1) is 6.92 Å². The number of aromatic nitrogens is 2. The second-order valence-electron chi connectivity index (χ2n) is 4.62. The number of anilines is 1. The lowest BCUT2D eigenvalue weighted by atomic mass is 10.2. The molecule has 0 saturated heterocycles. The molecule has 0 spiro atoms. The van der Waals surface area contributed by atoms with Crippen LogP contribution in [0.15, 0.2) is 48.6 Å². The van der Waals surface area contributed by atoms with Gasteiger partial charge in [-0.25, -0.2) is 18.7 Å². The van der Waals surface area contributed by atoms with Crippen LogP contribution in [0.4, 0.5) is 14.5 Å². The van der Waals surface area contributed by atoms with E-state index in [2.05, 4.69) is 15.3 Å². The van der Waals surface area contributed by atoms with E-state index in [-0.39, 0.29) is 18.2 Å². The van der Waals surface area contributed by atoms with Gasteiger partial charge in [0, 0.05) is 29.8 Å². The van der Waals surface area contributed by atoms with Gasteiger partial charge in [0.15, 0.2) is 0 Å². The maximum absolute atomic E-state index is 12.6. The summed E-state index contributed by atoms with van der Waals surface area (Å²) in [5.41, 5.74) is 7.54. The van der Waals surface area contributed by atoms with Crippen molar-refractivity contribution in [3.05, 3.63) is 59.7 Å². The van der Waals surface area contributed by atoms with Crippen molar-refractivity contribution >= 4 is 5.69 Å². The van der Waals surface area contributed by atoms with Crippen molar-refractivity contribution in [2.24, 2.45) is 5.73 Å². The van der Waals surface area contributed by atoms with Gasteiger partial charge in [0.2, 0.25) is 0 Å². The van der Waals surface area contributed by atoms with Gasteiger partial charge in [-0.2, -0.15) is 0 Å². The maximum atomic E-state index is 12.6. The van der Waals surface area contributed by atoms with Crippen molar-refractivity contribution < 1.29 is 13.5 Å². The van der Waals surface area contributed by atoms with Gasteiger partial charge in [-0.05, 0) is 24.6 Å². The lowest BCUT2D eigenvalue weighted by Gasteiger charge is -2.07. The third-order valence-electron chi connectivity index (χ3n) is 2.69. The molecule has 116 valence electrons. The monoisotopic (exact) mass is 306 g/mol. The van der Waals surface area contributed by atoms with Gasteiger partial charge < -0.3 is 15.8 Å². The highest BCUT2D eigenvalue weighted by Crippen LogP contribution is 2.21. The summed E-state index contributed by atoms with van der Waals surface area (Å²) in [5, 5.41) is 2.84. The molecule has 0 aliphatic heterocycles. The summed E-state index contributed by atoms with van der Waals surface area (Å²) in [6.45, 7) is 1.96. The van der Waals surface area contributed by atoms with E-state index in [1.165, 1.54) is 18.3 Å². The molecule has 0 radical (unpaired) electrons. The molecule has 0 bridgehead atoms. The molecule has 0 saturated carbocycles. The Labute approximate surface area is 126 Å². The fourth-order valence-corrected chi connectivity index (χ4v) is 1.59. The number of ether oxygens (including phenoxy) is 1. The number of alkyl halides is 2. The average Bonchev–Trinajstić information content (AvgIpc) is 2.52. The molecule has 0 aliphatic rings. The molecule has 22 heavy (non-hydrogen) atoms. The fourth-order valence-electron chi connectivity index (χ4n) is 1.59. The molecule has 0 atom stereocenters. The summed E-state index contributed by atoms with van der Waals surface area (Å²) >= 11 is 0. The Morgan fingerprint density at radius 2 is 2.09 bits per heavy atom. The smallest absolute Gasteiger partial charge is 0.316 e. The first-order valence-corrected chi connectivity index (χ1v) is 6.55. The Bertz CT molecular complexity index is 644. The molecular weight excluding hydrogens is 290 g/mol. The molecule has 1 aromatic heterocycles. The van der Waals surface area contributed by atoms with Crippen LogP contribution in [0.2, 0.25) is 0 Å². The number of nitrogens with two attached hydrogens (primary N) is 1. The van der Waals surface area contributed by atoms with Crippen molar-refractivity contribution in [3.63, 3.8) is 0 Å². The summed E-state index contributed by atoms with van der Waals surface area (Å²) in [6.07, 6.45) is 2.25. The standard InChI is InChI=1S/C15H16F2N4O/c1-10-6-20-15(21-7-10)22-9-12(18)8-19-13-4-2-3-11(5-13)14(16)17/h2-8,14,19H,9,18H2,1H3/b12-8-. The molecule has 5 nitrogen and oxygen atoms in total. The van der Waals surface area contributed by atoms with Gasteiger partial charge in [0.1, 0.15) is 6.61 Å². The topological polar surface area (TPSA) is 73.1 Å². The summed E-state index contributed by atoms with van der Waals surface area (Å²) < 4.78 is 30.5. The van der Waals surface area contributed by atoms with Crippen LogP contribution in [0.25, 0.3) is 0 Å². The molecule has 1 heterocycles. The number of aryl methyl sites for hydroxylation is 1. The van der Waals surface area contributed by atoms with E-state index in [4.69, 9.17) is 10.5 Å². The van der Waals surface area contributed by atoms with Crippen LogP contribution in [0.1, 0.15) is 17.6 Å². The van der Waals surface area contributed by atoms with Crippen LogP contribution in [-0.4, -0.2) is 16.6 Å². The molecule has 0 aliphatic carbocycles. The van der Waals surface area contributed by atoms with E-state index in [0.717, 1.165) is 5.56 Å². The van der Waals surface area contributed by atoms with E-state index in [1.807, 2.05) is 6.92 Å². The van der Waals surface area contributed by atoms with Crippen LogP contribution in [0.3, 0.4) is 0 Å². The SMILES string of the molecule is Cc1cnc(OC/C(N)=C/Nc2cccc(C(F)F)c2)nc1. The molecular formula is C15H16F2N4O. The van der Waals surface area contributed by atoms with Gasteiger partial charge in [0.05, 0.1) is 5.70 Å². The van der Waals surface area contributed by atoms with Crippen molar-refractivity contribution in [3.8, 4) is 6.01 Å². The fraction of sp³-hybridized carbons (Fsp3) is 0.200. The minimum atomic E-state index is -2.51. The van der Waals surface area contributed by atoms with Crippen molar-refractivity contribution in [1.29, 1.82) is 0 Å². The second-order valence-corrected chi connectivity index (χ2v) is 4.62. The molecule has 3 N–H and O–H groups in total. The molecule has 1 aromatic carbocycles. The summed E-state index contributed by atoms with van der Waals surface area (Å²) in [4.78, 5) is 7.96. The summed E-state index contributed by atoms with van der Waals surface area (Å²) in [6, 6.07) is 6.16. The number of halogens is 2. The van der Waals surface area contributed by atoms with Gasteiger partial charge in [-0.1, -0.05) is 12.1 Å². The van der Waals surface area contributed by atoms with Crippen LogP contribution < -0.4 is 15.8 Å². The predicted octanol–water partition coefficient (Wildman–Crippen LogP) is 3.01. The van der Waals surface area contributed by atoms with E-state index in [1.54, 1.807) is 24.5 Å². The minimum absolute atomic E-state index is 0.0544. The lowest BCUT2D eigenvalue weighted by molar-refractivity contribution is 0.151. The van der Waals surface area contributed by atoms with Gasteiger partial charge >= 0.3 is 6.01 Å². The largest absolute Gasteiger partial charge is 0.457 e. The van der Waals surface area contributed by atoms with Crippen molar-refractivity contribution in [1.82, 2.24) is 9.97 Å². The first kappa shape index (κ1) is 15.7. The Hall–Kier alpha value is -2.70. The zero-order valence-corrected chi connectivity index (χ0v) is 12.0. The first-order valence-electron chi connectivity index (χ1n) is 6.55. The highest BCUT2D eigenvalue weighted by molar-refractivity contribution is 5.48. The quantitative estimate of drug-likeness (QED) is 0.858. The summed E-state index contributed by atoms with van der Waals surface area (Å²) in [7, 11) is 0. The van der Waals surface area contributed by atoms with Crippen LogP contribution in [-0.2, 0) is 0 Å². The van der Waals surface area contributed by atoms with E-state index >= 15 is 0 Å². The average molecular weight is 306 g/mol. The van der Waals surface area contributed by atoms with Gasteiger partial charge in [-0.15, -0.1) is 0 Å². The minimum Gasteiger partial charge on any atom is -0.457 e. The second kappa shape index (κ2) is 7.35. The molecule has 0 amide bonds. The van der Waals surface area contributed by atoms with E-state index in [9.17, 15) is 8.78 Å². The third kappa shape index (κ3) is 4.69. The molecule has 0 unspecified atom stereocenters. The zero-order chi connectivity index (χ0) is 15.9. The van der Waals surface area contributed by atoms with E-state index < -0.39 is 6.43 Å². The Balaban J connectivity index is 1.89. The molecule has 0 fully saturated rings. The van der Waals surface area contributed by atoms with E-state index in [0.29, 0.717) is 11.4 Å². The molecule has 7 heteroatoms. The summed E-state index contributed by atoms with van der Waals surface area (Å²) in [5.74, 6) is 0. The van der Waals surface area contributed by atoms with Crippen molar-refractivity contribution in [2.75, 3.05) is 11.9 Å². The maximum Gasteiger partial charge on any atom is 0.316 e. The molecule has 2 rings (SSSR count). The highest BCUT2D eigenvalue weighted by atomic mass is 19.3.